The molecule has 0 atom stereocenters. The topological polar surface area (TPSA) is 43.6 Å². The van der Waals surface area contributed by atoms with Gasteiger partial charge in [-0.3, -0.25) is 4.57 Å². The normalized spacial score (nSPS) is 13.2. The molecule has 0 spiro atoms. The average molecular weight is 591 g/mol. The van der Waals surface area contributed by atoms with Crippen LogP contribution in [0.2, 0.25) is 0 Å². The maximum Gasteiger partial charge on any atom is 0.161 e. The fourth-order valence-corrected chi connectivity index (χ4v) is 7.18. The highest BCUT2D eigenvalue weighted by molar-refractivity contribution is 5.97. The summed E-state index contributed by atoms with van der Waals surface area (Å²) < 4.78 is 2.27. The number of hydrogen-bond acceptors (Lipinski definition) is 3. The van der Waals surface area contributed by atoms with E-state index >= 15 is 0 Å². The van der Waals surface area contributed by atoms with Crippen molar-refractivity contribution in [3.05, 3.63) is 157 Å². The molecule has 0 bridgehead atoms. The molecule has 4 heteroatoms. The molecule has 0 N–H and O–H groups in total. The van der Waals surface area contributed by atoms with Crippen molar-refractivity contribution in [2.45, 2.75) is 19.3 Å². The van der Waals surface area contributed by atoms with Gasteiger partial charge in [0, 0.05) is 33.2 Å². The summed E-state index contributed by atoms with van der Waals surface area (Å²) in [5.74, 6) is 1.68. The van der Waals surface area contributed by atoms with Crippen LogP contribution in [0.4, 0.5) is 0 Å². The van der Waals surface area contributed by atoms with Crippen LogP contribution in [0.1, 0.15) is 25.0 Å². The van der Waals surface area contributed by atoms with Gasteiger partial charge in [-0.25, -0.2) is 15.0 Å². The lowest BCUT2D eigenvalue weighted by Crippen LogP contribution is -2.15. The predicted octanol–water partition coefficient (Wildman–Crippen LogP) is 10.3. The van der Waals surface area contributed by atoms with Gasteiger partial charge >= 0.3 is 0 Å². The minimum absolute atomic E-state index is 0.223. The van der Waals surface area contributed by atoms with Crippen LogP contribution >= 0.6 is 0 Å². The van der Waals surface area contributed by atoms with E-state index in [1.54, 1.807) is 0 Å². The number of nitrogens with zero attached hydrogens (tertiary/aromatic N) is 4. The van der Waals surface area contributed by atoms with Gasteiger partial charge in [0.1, 0.15) is 5.82 Å². The number of para-hydroxylation sites is 4. The molecule has 218 valence electrons. The third-order valence-electron chi connectivity index (χ3n) is 9.42. The number of rotatable bonds is 4. The summed E-state index contributed by atoms with van der Waals surface area (Å²) in [4.78, 5) is 15.5. The first-order valence-electron chi connectivity index (χ1n) is 15.7. The largest absolute Gasteiger partial charge is 0.292 e. The molecule has 0 aliphatic heterocycles. The maximum atomic E-state index is 5.25. The quantitative estimate of drug-likeness (QED) is 0.205. The average Bonchev–Trinajstić information content (AvgIpc) is 3.61. The molecule has 2 aromatic heterocycles. The van der Waals surface area contributed by atoms with Gasteiger partial charge in [-0.05, 0) is 58.7 Å². The molecule has 0 amide bonds. The van der Waals surface area contributed by atoms with Crippen molar-refractivity contribution in [3.63, 3.8) is 0 Å². The van der Waals surface area contributed by atoms with Crippen molar-refractivity contribution in [1.29, 1.82) is 0 Å². The van der Waals surface area contributed by atoms with E-state index in [9.17, 15) is 0 Å². The number of benzene rings is 6. The van der Waals surface area contributed by atoms with Crippen LogP contribution in [0.25, 0.3) is 72.8 Å². The summed E-state index contributed by atoms with van der Waals surface area (Å²) in [5, 5.41) is 1.05. The van der Waals surface area contributed by atoms with Crippen LogP contribution in [0.5, 0.6) is 0 Å². The van der Waals surface area contributed by atoms with E-state index in [0.717, 1.165) is 61.7 Å². The lowest BCUT2D eigenvalue weighted by atomic mass is 9.81. The van der Waals surface area contributed by atoms with Crippen molar-refractivity contribution < 1.29 is 0 Å². The smallest absolute Gasteiger partial charge is 0.161 e. The Bertz CT molecular complexity index is 2440. The summed E-state index contributed by atoms with van der Waals surface area (Å²) in [6.07, 6.45) is 0. The molecule has 1 aliphatic rings. The molecule has 6 aromatic carbocycles. The molecule has 2 heterocycles. The summed E-state index contributed by atoms with van der Waals surface area (Å²) in [6.45, 7) is 4.64. The Kier molecular flexibility index (Phi) is 5.81. The highest BCUT2D eigenvalue weighted by Crippen LogP contribution is 2.52. The van der Waals surface area contributed by atoms with Crippen LogP contribution in [0.15, 0.2) is 146 Å². The van der Waals surface area contributed by atoms with Gasteiger partial charge in [-0.2, -0.15) is 0 Å². The second kappa shape index (κ2) is 10.1. The van der Waals surface area contributed by atoms with Gasteiger partial charge in [0.2, 0.25) is 0 Å². The lowest BCUT2D eigenvalue weighted by Gasteiger charge is -2.22. The first kappa shape index (κ1) is 26.5. The van der Waals surface area contributed by atoms with Gasteiger partial charge < -0.3 is 0 Å². The van der Waals surface area contributed by atoms with E-state index in [1.165, 1.54) is 22.3 Å². The molecule has 0 unspecified atom stereocenters. The van der Waals surface area contributed by atoms with Gasteiger partial charge in [-0.1, -0.05) is 123 Å². The monoisotopic (exact) mass is 590 g/mol. The zero-order valence-electron chi connectivity index (χ0n) is 25.6. The summed E-state index contributed by atoms with van der Waals surface area (Å²) in [6, 6.07) is 51.0. The first-order valence-corrected chi connectivity index (χ1v) is 15.7. The molecule has 4 nitrogen and oxygen atoms in total. The van der Waals surface area contributed by atoms with Crippen molar-refractivity contribution >= 4 is 21.9 Å². The van der Waals surface area contributed by atoms with Gasteiger partial charge in [0.05, 0.1) is 22.2 Å². The molecular formula is C42H30N4. The maximum absolute atomic E-state index is 5.25. The Hall–Kier alpha value is -5.87. The third kappa shape index (κ3) is 3.97. The van der Waals surface area contributed by atoms with E-state index in [4.69, 9.17) is 15.0 Å². The molecule has 1 aliphatic carbocycles. The summed E-state index contributed by atoms with van der Waals surface area (Å²) in [7, 11) is 0. The zero-order chi connectivity index (χ0) is 30.8. The molecular weight excluding hydrogens is 560 g/mol. The van der Waals surface area contributed by atoms with Gasteiger partial charge in [0.25, 0.3) is 0 Å². The van der Waals surface area contributed by atoms with Crippen molar-refractivity contribution in [2.75, 3.05) is 0 Å². The minimum Gasteiger partial charge on any atom is -0.292 e. The van der Waals surface area contributed by atoms with Crippen LogP contribution in [-0.4, -0.2) is 19.5 Å². The van der Waals surface area contributed by atoms with Crippen LogP contribution in [0, 0.1) is 0 Å². The van der Waals surface area contributed by atoms with Crippen LogP contribution in [0.3, 0.4) is 0 Å². The van der Waals surface area contributed by atoms with Crippen molar-refractivity contribution in [2.24, 2.45) is 0 Å². The Morgan fingerprint density at radius 3 is 2.07 bits per heavy atom. The van der Waals surface area contributed by atoms with E-state index < -0.39 is 0 Å². The Balaban J connectivity index is 1.25. The second-order valence-electron chi connectivity index (χ2n) is 12.5. The Labute approximate surface area is 267 Å². The molecule has 8 aromatic rings. The minimum atomic E-state index is -0.223. The molecule has 0 fully saturated rings. The Morgan fingerprint density at radius 2 is 1.24 bits per heavy atom. The predicted molar refractivity (Wildman–Crippen MR) is 188 cm³/mol. The third-order valence-corrected chi connectivity index (χ3v) is 9.42. The van der Waals surface area contributed by atoms with E-state index in [1.807, 2.05) is 12.1 Å². The van der Waals surface area contributed by atoms with Gasteiger partial charge in [-0.15, -0.1) is 0 Å². The highest BCUT2D eigenvalue weighted by atomic mass is 15.1. The number of imidazole rings is 1. The molecule has 0 saturated carbocycles. The van der Waals surface area contributed by atoms with Crippen LogP contribution < -0.4 is 0 Å². The van der Waals surface area contributed by atoms with Crippen molar-refractivity contribution in [1.82, 2.24) is 19.5 Å². The molecule has 0 radical (unpaired) electrons. The second-order valence-corrected chi connectivity index (χ2v) is 12.5. The molecule has 46 heavy (non-hydrogen) atoms. The zero-order valence-corrected chi connectivity index (χ0v) is 25.6. The fraction of sp³-hybridized carbons (Fsp3) is 0.0714. The summed E-state index contributed by atoms with van der Waals surface area (Å²) in [5.41, 5.74) is 13.1. The van der Waals surface area contributed by atoms with E-state index in [-0.39, 0.29) is 5.41 Å². The van der Waals surface area contributed by atoms with Gasteiger partial charge in [0.15, 0.2) is 5.82 Å². The summed E-state index contributed by atoms with van der Waals surface area (Å²) >= 11 is 0. The first-order chi connectivity index (χ1) is 22.6. The molecule has 0 saturated heterocycles. The standard InChI is InChI=1S/C42H30N4/c1-42(2)33-20-13-19-32(40-43-35-21-10-9-18-31(35)39(45-40)27-14-5-3-6-15-27)38(33)30-25-24-28(26-34(30)42)41-44-36-22-11-12-23-37(36)46(41)29-16-7-4-8-17-29/h3-26H,1-2H3. The Morgan fingerprint density at radius 1 is 0.522 bits per heavy atom. The lowest BCUT2D eigenvalue weighted by molar-refractivity contribution is 0.660. The number of aromatic nitrogens is 4. The van der Waals surface area contributed by atoms with Crippen LogP contribution in [-0.2, 0) is 5.41 Å². The molecule has 9 rings (SSSR count). The van der Waals surface area contributed by atoms with Crippen molar-refractivity contribution in [3.8, 4) is 50.8 Å². The fourth-order valence-electron chi connectivity index (χ4n) is 7.18. The van der Waals surface area contributed by atoms with E-state index in [0.29, 0.717) is 0 Å². The van der Waals surface area contributed by atoms with E-state index in [2.05, 4.69) is 152 Å². The highest BCUT2D eigenvalue weighted by Gasteiger charge is 2.38. The number of hydrogen-bond donors (Lipinski definition) is 0. The number of fused-ring (bicyclic) bond motifs is 5. The SMILES string of the molecule is CC1(C)c2cc(-c3nc4ccccc4n3-c3ccccc3)ccc2-c2c(-c3nc(-c4ccccc4)c4ccccc4n3)cccc21.